The van der Waals surface area contributed by atoms with Crippen LogP contribution in [-0.2, 0) is 15.6 Å². The van der Waals surface area contributed by atoms with Gasteiger partial charge in [-0.1, -0.05) is 6.92 Å². The number of rotatable bonds is 4. The smallest absolute Gasteiger partial charge is 0.132 e. The summed E-state index contributed by atoms with van der Waals surface area (Å²) < 4.78 is 10.5. The summed E-state index contributed by atoms with van der Waals surface area (Å²) in [6.07, 6.45) is 1.59. The molecule has 0 aromatic rings. The molecule has 0 saturated carbocycles. The fraction of sp³-hybridized carbons (Fsp3) is 0.800. The van der Waals surface area contributed by atoms with Gasteiger partial charge in [0.1, 0.15) is 6.29 Å². The summed E-state index contributed by atoms with van der Waals surface area (Å²) in [5.41, 5.74) is 0. The number of carbonyl (C=O) groups is 1. The van der Waals surface area contributed by atoms with Crippen LogP contribution in [-0.4, -0.2) is 22.0 Å². The number of aldehydes is 1. The molecule has 8 heavy (non-hydrogen) atoms. The summed E-state index contributed by atoms with van der Waals surface area (Å²) in [7, 11) is -0.888. The third-order valence-electron chi connectivity index (χ3n) is 0.686. The second-order valence-corrected chi connectivity index (χ2v) is 3.10. The third-order valence-corrected chi connectivity index (χ3v) is 2.06. The second-order valence-electron chi connectivity index (χ2n) is 1.48. The van der Waals surface area contributed by atoms with Gasteiger partial charge in [-0.3, -0.25) is 4.21 Å². The average molecular weight is 134 g/mol. The predicted octanol–water partition coefficient (Wildman–Crippen LogP) is 0.344. The molecule has 0 aromatic carbocycles. The topological polar surface area (TPSA) is 34.1 Å². The molecule has 0 fully saturated rings. The summed E-state index contributed by atoms with van der Waals surface area (Å²) in [5.74, 6) is 0.854. The van der Waals surface area contributed by atoms with Crippen molar-refractivity contribution in [3.05, 3.63) is 0 Å². The zero-order chi connectivity index (χ0) is 6.41. The predicted molar refractivity (Wildman–Crippen MR) is 34.2 cm³/mol. The highest BCUT2D eigenvalue weighted by Gasteiger charge is 1.92. The molecule has 0 heterocycles. The molecule has 0 aromatic heterocycles. The summed E-state index contributed by atoms with van der Waals surface area (Å²) >= 11 is 0. The highest BCUT2D eigenvalue weighted by molar-refractivity contribution is 7.85. The van der Waals surface area contributed by atoms with Crippen LogP contribution in [0.2, 0.25) is 0 Å². The van der Waals surface area contributed by atoms with Crippen LogP contribution in [0.15, 0.2) is 0 Å². The molecule has 1 unspecified atom stereocenters. The van der Waals surface area contributed by atoms with Gasteiger partial charge in [0.05, 0.1) is 5.75 Å². The minimum atomic E-state index is -0.888. The fourth-order valence-electron chi connectivity index (χ4n) is 0.387. The lowest BCUT2D eigenvalue weighted by Crippen LogP contribution is -2.01. The molecule has 0 N–H and O–H groups in total. The molecule has 0 rings (SSSR count). The Kier molecular flexibility index (Phi) is 4.85. The van der Waals surface area contributed by atoms with Crippen LogP contribution in [0.1, 0.15) is 13.3 Å². The van der Waals surface area contributed by atoms with E-state index in [2.05, 4.69) is 0 Å². The lowest BCUT2D eigenvalue weighted by atomic mass is 10.6. The third kappa shape index (κ3) is 3.99. The summed E-state index contributed by atoms with van der Waals surface area (Å²) in [5, 5.41) is 0. The van der Waals surface area contributed by atoms with Crippen molar-refractivity contribution < 1.29 is 9.00 Å². The zero-order valence-corrected chi connectivity index (χ0v) is 5.74. The summed E-state index contributed by atoms with van der Waals surface area (Å²) in [6, 6.07) is 0. The summed E-state index contributed by atoms with van der Waals surface area (Å²) in [6.45, 7) is 1.95. The fourth-order valence-corrected chi connectivity index (χ4v) is 1.16. The van der Waals surface area contributed by atoms with E-state index < -0.39 is 10.8 Å². The molecule has 48 valence electrons. The van der Waals surface area contributed by atoms with E-state index in [1.807, 2.05) is 6.92 Å². The van der Waals surface area contributed by atoms with Crippen molar-refractivity contribution in [3.63, 3.8) is 0 Å². The average Bonchev–Trinajstić information content (AvgIpc) is 1.68. The molecule has 0 bridgehead atoms. The Morgan fingerprint density at radius 2 is 2.25 bits per heavy atom. The number of carbonyl (C=O) groups excluding carboxylic acids is 1. The van der Waals surface area contributed by atoms with Gasteiger partial charge in [0, 0.05) is 16.6 Å². The first-order chi connectivity index (χ1) is 3.81. The van der Waals surface area contributed by atoms with Crippen LogP contribution in [0.25, 0.3) is 0 Å². The van der Waals surface area contributed by atoms with Crippen molar-refractivity contribution in [3.8, 4) is 0 Å². The van der Waals surface area contributed by atoms with Crippen molar-refractivity contribution in [1.82, 2.24) is 0 Å². The molecule has 0 radical (unpaired) electrons. The Balaban J connectivity index is 3.18. The maximum atomic E-state index is 10.5. The second kappa shape index (κ2) is 4.97. The Morgan fingerprint density at radius 1 is 1.62 bits per heavy atom. The first kappa shape index (κ1) is 7.82. The lowest BCUT2D eigenvalue weighted by molar-refractivity contribution is -0.105. The van der Waals surface area contributed by atoms with Crippen LogP contribution < -0.4 is 0 Å². The monoisotopic (exact) mass is 134 g/mol. The van der Waals surface area contributed by atoms with E-state index in [1.165, 1.54) is 0 Å². The van der Waals surface area contributed by atoms with Crippen molar-refractivity contribution in [1.29, 1.82) is 0 Å². The molecule has 2 nitrogen and oxygen atoms in total. The minimum Gasteiger partial charge on any atom is -0.302 e. The van der Waals surface area contributed by atoms with E-state index in [-0.39, 0.29) is 5.75 Å². The van der Waals surface area contributed by atoms with Gasteiger partial charge in [0.15, 0.2) is 0 Å². The van der Waals surface area contributed by atoms with Gasteiger partial charge in [0.25, 0.3) is 0 Å². The Bertz CT molecular complexity index is 90.4. The van der Waals surface area contributed by atoms with Gasteiger partial charge in [-0.15, -0.1) is 0 Å². The SMILES string of the molecule is CCCS(=O)CC=O. The van der Waals surface area contributed by atoms with E-state index in [4.69, 9.17) is 0 Å². The van der Waals surface area contributed by atoms with E-state index in [0.717, 1.165) is 6.42 Å². The molecule has 0 spiro atoms. The summed E-state index contributed by atoms with van der Waals surface area (Å²) in [4.78, 5) is 9.70. The minimum absolute atomic E-state index is 0.202. The molecule has 0 saturated heterocycles. The van der Waals surface area contributed by atoms with Gasteiger partial charge >= 0.3 is 0 Å². The maximum Gasteiger partial charge on any atom is 0.132 e. The first-order valence-corrected chi connectivity index (χ1v) is 4.08. The van der Waals surface area contributed by atoms with E-state index >= 15 is 0 Å². The molecular formula is C5H10O2S. The first-order valence-electron chi connectivity index (χ1n) is 2.60. The Morgan fingerprint density at radius 3 is 2.62 bits per heavy atom. The van der Waals surface area contributed by atoms with E-state index in [1.54, 1.807) is 0 Å². The molecular weight excluding hydrogens is 124 g/mol. The lowest BCUT2D eigenvalue weighted by Gasteiger charge is -1.88. The Labute approximate surface area is 51.7 Å². The molecule has 3 heteroatoms. The molecule has 0 aliphatic rings. The van der Waals surface area contributed by atoms with Gasteiger partial charge in [0.2, 0.25) is 0 Å². The molecule has 0 aliphatic heterocycles. The quantitative estimate of drug-likeness (QED) is 0.520. The highest BCUT2D eigenvalue weighted by atomic mass is 32.2. The maximum absolute atomic E-state index is 10.5. The van der Waals surface area contributed by atoms with Crippen molar-refractivity contribution in [2.24, 2.45) is 0 Å². The van der Waals surface area contributed by atoms with Crippen LogP contribution >= 0.6 is 0 Å². The van der Waals surface area contributed by atoms with Gasteiger partial charge < -0.3 is 4.79 Å². The molecule has 0 amide bonds. The largest absolute Gasteiger partial charge is 0.302 e. The van der Waals surface area contributed by atoms with Crippen LogP contribution in [0, 0.1) is 0 Å². The van der Waals surface area contributed by atoms with Crippen molar-refractivity contribution in [2.75, 3.05) is 11.5 Å². The van der Waals surface area contributed by atoms with E-state index in [0.29, 0.717) is 12.0 Å². The zero-order valence-electron chi connectivity index (χ0n) is 4.92. The van der Waals surface area contributed by atoms with E-state index in [9.17, 15) is 9.00 Å². The van der Waals surface area contributed by atoms with Crippen molar-refractivity contribution >= 4 is 17.1 Å². The standard InChI is InChI=1S/C5H10O2S/c1-2-4-8(7)5-3-6/h3H,2,4-5H2,1H3. The van der Waals surface area contributed by atoms with Crippen LogP contribution in [0.4, 0.5) is 0 Å². The van der Waals surface area contributed by atoms with Gasteiger partial charge in [-0.2, -0.15) is 0 Å². The normalized spacial score (nSPS) is 13.1. The van der Waals surface area contributed by atoms with Crippen LogP contribution in [0.3, 0.4) is 0 Å². The number of hydrogen-bond donors (Lipinski definition) is 0. The molecule has 1 atom stereocenters. The highest BCUT2D eigenvalue weighted by Crippen LogP contribution is 1.82. The van der Waals surface area contributed by atoms with Gasteiger partial charge in [-0.25, -0.2) is 0 Å². The van der Waals surface area contributed by atoms with Gasteiger partial charge in [-0.05, 0) is 6.42 Å². The molecule has 0 aliphatic carbocycles. The van der Waals surface area contributed by atoms with Crippen LogP contribution in [0.5, 0.6) is 0 Å². The Hall–Kier alpha value is -0.180. The van der Waals surface area contributed by atoms with Crippen molar-refractivity contribution in [2.45, 2.75) is 13.3 Å². The number of hydrogen-bond acceptors (Lipinski definition) is 2.